The molecule has 0 radical (unpaired) electrons. The molecule has 24 heavy (non-hydrogen) atoms. The van der Waals surface area contributed by atoms with Crippen LogP contribution in [0.15, 0.2) is 18.2 Å². The third kappa shape index (κ3) is 4.87. The number of rotatable bonds is 9. The monoisotopic (exact) mass is 334 g/mol. The molecule has 2 aliphatic heterocycles. The molecule has 2 aliphatic rings. The summed E-state index contributed by atoms with van der Waals surface area (Å²) in [5.41, 5.74) is 1.39. The van der Waals surface area contributed by atoms with E-state index in [9.17, 15) is 0 Å². The SMILES string of the molecule is CC(C)CC[C@H](CC[NH2+]C[C@H]1CCCO1)c1ccc2c(c1)OCO2. The highest BCUT2D eigenvalue weighted by atomic mass is 16.7. The average molecular weight is 334 g/mol. The molecular formula is C20H32NO3+. The van der Waals surface area contributed by atoms with Crippen LogP contribution in [0.2, 0.25) is 0 Å². The van der Waals surface area contributed by atoms with Gasteiger partial charge in [-0.15, -0.1) is 0 Å². The number of hydrogen-bond donors (Lipinski definition) is 1. The Balaban J connectivity index is 1.53. The first-order valence-electron chi connectivity index (χ1n) is 9.55. The molecule has 0 aliphatic carbocycles. The maximum Gasteiger partial charge on any atom is 0.231 e. The zero-order valence-corrected chi connectivity index (χ0v) is 15.1. The molecule has 2 heterocycles. The summed E-state index contributed by atoms with van der Waals surface area (Å²) in [6.07, 6.45) is 6.65. The number of quaternary nitrogens is 1. The maximum absolute atomic E-state index is 5.71. The Bertz CT molecular complexity index is 512. The van der Waals surface area contributed by atoms with E-state index in [-0.39, 0.29) is 0 Å². The van der Waals surface area contributed by atoms with Crippen LogP contribution in [-0.4, -0.2) is 32.6 Å². The highest BCUT2D eigenvalue weighted by Gasteiger charge is 2.20. The summed E-state index contributed by atoms with van der Waals surface area (Å²) in [5, 5.41) is 2.44. The number of hydrogen-bond acceptors (Lipinski definition) is 3. The van der Waals surface area contributed by atoms with E-state index >= 15 is 0 Å². The Kier molecular flexibility index (Phi) is 6.38. The van der Waals surface area contributed by atoms with Gasteiger partial charge in [0.25, 0.3) is 0 Å². The summed E-state index contributed by atoms with van der Waals surface area (Å²) in [4.78, 5) is 0. The molecule has 1 aromatic rings. The first-order valence-corrected chi connectivity index (χ1v) is 9.55. The van der Waals surface area contributed by atoms with Crippen molar-refractivity contribution in [1.29, 1.82) is 0 Å². The number of nitrogens with two attached hydrogens (primary N) is 1. The lowest BCUT2D eigenvalue weighted by molar-refractivity contribution is -0.661. The average Bonchev–Trinajstić information content (AvgIpc) is 3.24. The van der Waals surface area contributed by atoms with Gasteiger partial charge in [0.2, 0.25) is 6.79 Å². The zero-order valence-electron chi connectivity index (χ0n) is 15.1. The molecule has 3 rings (SSSR count). The van der Waals surface area contributed by atoms with Gasteiger partial charge in [0.15, 0.2) is 11.5 Å². The van der Waals surface area contributed by atoms with Crippen molar-refractivity contribution in [2.24, 2.45) is 5.92 Å². The van der Waals surface area contributed by atoms with Crippen LogP contribution >= 0.6 is 0 Å². The van der Waals surface area contributed by atoms with E-state index in [0.717, 1.165) is 37.1 Å². The third-order valence-corrected chi connectivity index (χ3v) is 5.13. The van der Waals surface area contributed by atoms with E-state index in [0.29, 0.717) is 18.8 Å². The van der Waals surface area contributed by atoms with Gasteiger partial charge >= 0.3 is 0 Å². The van der Waals surface area contributed by atoms with Crippen LogP contribution in [-0.2, 0) is 4.74 Å². The van der Waals surface area contributed by atoms with Gasteiger partial charge in [-0.05, 0) is 48.8 Å². The Morgan fingerprint density at radius 3 is 2.79 bits per heavy atom. The Morgan fingerprint density at radius 1 is 1.12 bits per heavy atom. The van der Waals surface area contributed by atoms with E-state index in [4.69, 9.17) is 14.2 Å². The molecule has 2 N–H and O–H groups in total. The summed E-state index contributed by atoms with van der Waals surface area (Å²) in [5.74, 6) is 3.14. The number of ether oxygens (including phenoxy) is 3. The fourth-order valence-electron chi connectivity index (χ4n) is 3.63. The van der Waals surface area contributed by atoms with Crippen LogP contribution < -0.4 is 14.8 Å². The molecule has 4 nitrogen and oxygen atoms in total. The first-order chi connectivity index (χ1) is 11.7. The van der Waals surface area contributed by atoms with Crippen molar-refractivity contribution in [3.05, 3.63) is 23.8 Å². The molecule has 0 amide bonds. The summed E-state index contributed by atoms with van der Waals surface area (Å²) in [7, 11) is 0. The number of fused-ring (bicyclic) bond motifs is 1. The predicted molar refractivity (Wildman–Crippen MR) is 94.6 cm³/mol. The van der Waals surface area contributed by atoms with Crippen molar-refractivity contribution in [3.8, 4) is 11.5 Å². The lowest BCUT2D eigenvalue weighted by atomic mass is 9.88. The summed E-state index contributed by atoms with van der Waals surface area (Å²) < 4.78 is 16.7. The van der Waals surface area contributed by atoms with E-state index in [1.165, 1.54) is 37.7 Å². The molecule has 0 saturated carbocycles. The largest absolute Gasteiger partial charge is 0.454 e. The predicted octanol–water partition coefficient (Wildman–Crippen LogP) is 3.07. The standard InChI is InChI=1S/C20H31NO3/c1-15(2)5-6-16(9-10-21-13-18-4-3-11-22-18)17-7-8-19-20(12-17)24-14-23-19/h7-8,12,15-16,18,21H,3-6,9-11,13-14H2,1-2H3/p+1/t16-,18-/m1/s1. The highest BCUT2D eigenvalue weighted by molar-refractivity contribution is 5.45. The summed E-state index contributed by atoms with van der Waals surface area (Å²) >= 11 is 0. The molecule has 1 saturated heterocycles. The van der Waals surface area contributed by atoms with Gasteiger partial charge in [-0.1, -0.05) is 26.3 Å². The minimum Gasteiger partial charge on any atom is -0.454 e. The second-order valence-electron chi connectivity index (χ2n) is 7.52. The van der Waals surface area contributed by atoms with Crippen LogP contribution in [0.25, 0.3) is 0 Å². The van der Waals surface area contributed by atoms with Gasteiger partial charge in [-0.3, -0.25) is 0 Å². The van der Waals surface area contributed by atoms with Gasteiger partial charge in [-0.2, -0.15) is 0 Å². The Morgan fingerprint density at radius 2 is 2.00 bits per heavy atom. The molecule has 0 spiro atoms. The number of benzene rings is 1. The molecule has 0 bridgehead atoms. The van der Waals surface area contributed by atoms with Crippen LogP contribution in [0.5, 0.6) is 11.5 Å². The van der Waals surface area contributed by atoms with Crippen LogP contribution in [0.3, 0.4) is 0 Å². The van der Waals surface area contributed by atoms with Gasteiger partial charge in [0.1, 0.15) is 12.6 Å². The third-order valence-electron chi connectivity index (χ3n) is 5.13. The second-order valence-corrected chi connectivity index (χ2v) is 7.52. The van der Waals surface area contributed by atoms with Gasteiger partial charge in [-0.25, -0.2) is 0 Å². The van der Waals surface area contributed by atoms with Crippen molar-refractivity contribution >= 4 is 0 Å². The van der Waals surface area contributed by atoms with E-state index in [2.05, 4.69) is 37.4 Å². The second kappa shape index (κ2) is 8.72. The van der Waals surface area contributed by atoms with E-state index in [1.54, 1.807) is 0 Å². The van der Waals surface area contributed by atoms with Crippen molar-refractivity contribution in [1.82, 2.24) is 0 Å². The Labute approximate surface area is 145 Å². The van der Waals surface area contributed by atoms with Gasteiger partial charge in [0.05, 0.1) is 6.54 Å². The summed E-state index contributed by atoms with van der Waals surface area (Å²) in [6, 6.07) is 6.47. The van der Waals surface area contributed by atoms with Crippen molar-refractivity contribution in [3.63, 3.8) is 0 Å². The van der Waals surface area contributed by atoms with E-state index in [1.807, 2.05) is 0 Å². The molecule has 0 aromatic heterocycles. The smallest absolute Gasteiger partial charge is 0.231 e. The zero-order chi connectivity index (χ0) is 16.8. The van der Waals surface area contributed by atoms with Gasteiger partial charge in [0, 0.05) is 13.0 Å². The van der Waals surface area contributed by atoms with Crippen LogP contribution in [0, 0.1) is 5.92 Å². The fourth-order valence-corrected chi connectivity index (χ4v) is 3.63. The molecule has 2 atom stereocenters. The summed E-state index contributed by atoms with van der Waals surface area (Å²) in [6.45, 7) is 8.19. The highest BCUT2D eigenvalue weighted by Crippen LogP contribution is 2.36. The van der Waals surface area contributed by atoms with Crippen LogP contribution in [0.4, 0.5) is 0 Å². The fraction of sp³-hybridized carbons (Fsp3) is 0.700. The lowest BCUT2D eigenvalue weighted by Gasteiger charge is -2.19. The van der Waals surface area contributed by atoms with Crippen LogP contribution in [0.1, 0.15) is 57.4 Å². The molecule has 0 unspecified atom stereocenters. The molecular weight excluding hydrogens is 302 g/mol. The van der Waals surface area contributed by atoms with E-state index < -0.39 is 0 Å². The normalized spacial score (nSPS) is 20.7. The minimum atomic E-state index is 0.352. The lowest BCUT2D eigenvalue weighted by Crippen LogP contribution is -2.86. The minimum absolute atomic E-state index is 0.352. The Hall–Kier alpha value is -1.26. The maximum atomic E-state index is 5.71. The molecule has 4 heteroatoms. The topological polar surface area (TPSA) is 44.3 Å². The van der Waals surface area contributed by atoms with Crippen molar-refractivity contribution in [2.45, 2.75) is 58.0 Å². The van der Waals surface area contributed by atoms with Crippen molar-refractivity contribution in [2.75, 3.05) is 26.5 Å². The first kappa shape index (κ1) is 17.6. The van der Waals surface area contributed by atoms with Crippen molar-refractivity contribution < 1.29 is 19.5 Å². The van der Waals surface area contributed by atoms with Gasteiger partial charge < -0.3 is 19.5 Å². The molecule has 1 aromatic carbocycles. The quantitative estimate of drug-likeness (QED) is 0.706. The molecule has 1 fully saturated rings. The molecule has 134 valence electrons.